The van der Waals surface area contributed by atoms with Crippen LogP contribution in [0.4, 0.5) is 30.7 Å². The van der Waals surface area contributed by atoms with Gasteiger partial charge >= 0.3 is 12.4 Å². The smallest absolute Gasteiger partial charge is 0.352 e. The predicted octanol–water partition coefficient (Wildman–Crippen LogP) is 3.16. The van der Waals surface area contributed by atoms with Crippen molar-refractivity contribution in [2.75, 3.05) is 38.5 Å². The van der Waals surface area contributed by atoms with E-state index in [1.165, 1.54) is 0 Å². The van der Waals surface area contributed by atoms with E-state index in [-0.39, 0.29) is 19.0 Å². The van der Waals surface area contributed by atoms with E-state index in [0.717, 1.165) is 6.07 Å². The second-order valence-electron chi connectivity index (χ2n) is 7.80. The Labute approximate surface area is 186 Å². The van der Waals surface area contributed by atoms with Crippen LogP contribution in [0.25, 0.3) is 0 Å². The maximum absolute atomic E-state index is 13.4. The predicted molar refractivity (Wildman–Crippen MR) is 105 cm³/mol. The van der Waals surface area contributed by atoms with Gasteiger partial charge in [-0.1, -0.05) is 0 Å². The SMILES string of the molecule is O=C(NCC1CCN(CCNS(=O)(=O)CCC(F)(F)F)CC1)c1cc(F)cc(C(F)(F)F)c1. The molecule has 1 aromatic rings. The van der Waals surface area contributed by atoms with Gasteiger partial charge in [-0.15, -0.1) is 0 Å². The highest BCUT2D eigenvalue weighted by Crippen LogP contribution is 2.30. The zero-order chi connectivity index (χ0) is 24.9. The zero-order valence-electron chi connectivity index (χ0n) is 17.4. The Bertz CT molecular complexity index is 912. The highest BCUT2D eigenvalue weighted by molar-refractivity contribution is 7.89. The van der Waals surface area contributed by atoms with Crippen molar-refractivity contribution in [2.24, 2.45) is 5.92 Å². The van der Waals surface area contributed by atoms with E-state index < -0.39 is 57.4 Å². The molecule has 0 radical (unpaired) electrons. The quantitative estimate of drug-likeness (QED) is 0.504. The minimum absolute atomic E-state index is 0.0179. The normalized spacial score (nSPS) is 16.7. The van der Waals surface area contributed by atoms with E-state index in [2.05, 4.69) is 10.0 Å². The Morgan fingerprint density at radius 2 is 1.70 bits per heavy atom. The Kier molecular flexibility index (Phi) is 9.10. The number of halogens is 7. The summed E-state index contributed by atoms with van der Waals surface area (Å²) in [5, 5.41) is 2.50. The van der Waals surface area contributed by atoms with Gasteiger partial charge in [0.1, 0.15) is 5.82 Å². The van der Waals surface area contributed by atoms with E-state index >= 15 is 0 Å². The lowest BCUT2D eigenvalue weighted by molar-refractivity contribution is -0.137. The van der Waals surface area contributed by atoms with Crippen LogP contribution in [-0.2, 0) is 16.2 Å². The lowest BCUT2D eigenvalue weighted by Gasteiger charge is -2.32. The molecule has 0 spiro atoms. The van der Waals surface area contributed by atoms with Gasteiger partial charge in [-0.2, -0.15) is 26.3 Å². The van der Waals surface area contributed by atoms with Crippen molar-refractivity contribution in [2.45, 2.75) is 31.6 Å². The zero-order valence-corrected chi connectivity index (χ0v) is 18.2. The minimum atomic E-state index is -4.78. The molecule has 0 saturated carbocycles. The van der Waals surface area contributed by atoms with Gasteiger partial charge in [0.25, 0.3) is 5.91 Å². The maximum Gasteiger partial charge on any atom is 0.416 e. The molecule has 0 aliphatic carbocycles. The standard InChI is InChI=1S/C19H24F7N3O3S/c20-16-10-14(9-15(11-16)19(24,25)26)17(30)27-12-13-1-5-29(6-2-13)7-4-28-33(31,32)8-3-18(21,22)23/h9-11,13,28H,1-8,12H2,(H,27,30). The van der Waals surface area contributed by atoms with Crippen LogP contribution < -0.4 is 10.0 Å². The molecule has 2 N–H and O–H groups in total. The van der Waals surface area contributed by atoms with Gasteiger partial charge in [0.05, 0.1) is 17.7 Å². The van der Waals surface area contributed by atoms with Gasteiger partial charge in [-0.05, 0) is 50.0 Å². The van der Waals surface area contributed by atoms with Crippen molar-refractivity contribution >= 4 is 15.9 Å². The highest BCUT2D eigenvalue weighted by Gasteiger charge is 2.32. The van der Waals surface area contributed by atoms with Crippen molar-refractivity contribution in [3.8, 4) is 0 Å². The number of hydrogen-bond donors (Lipinski definition) is 2. The second-order valence-corrected chi connectivity index (χ2v) is 9.73. The van der Waals surface area contributed by atoms with Crippen LogP contribution >= 0.6 is 0 Å². The summed E-state index contributed by atoms with van der Waals surface area (Å²) >= 11 is 0. The summed E-state index contributed by atoms with van der Waals surface area (Å²) < 4.78 is 113. The topological polar surface area (TPSA) is 78.5 Å². The Hall–Kier alpha value is -1.93. The summed E-state index contributed by atoms with van der Waals surface area (Å²) in [5.41, 5.74) is -1.69. The van der Waals surface area contributed by atoms with Crippen LogP contribution in [0.2, 0.25) is 0 Å². The van der Waals surface area contributed by atoms with Crippen molar-refractivity contribution in [1.82, 2.24) is 14.9 Å². The second kappa shape index (κ2) is 11.0. The number of benzene rings is 1. The average molecular weight is 507 g/mol. The molecule has 1 aromatic carbocycles. The molecular formula is C19H24F7N3O3S. The molecule has 1 aliphatic rings. The number of hydrogen-bond acceptors (Lipinski definition) is 4. The third kappa shape index (κ3) is 9.84. The van der Waals surface area contributed by atoms with Gasteiger partial charge in [0.2, 0.25) is 10.0 Å². The monoisotopic (exact) mass is 507 g/mol. The first-order chi connectivity index (χ1) is 15.1. The molecule has 1 fully saturated rings. The van der Waals surface area contributed by atoms with E-state index in [4.69, 9.17) is 0 Å². The van der Waals surface area contributed by atoms with Gasteiger partial charge in [0.15, 0.2) is 0 Å². The van der Waals surface area contributed by atoms with Gasteiger partial charge in [-0.25, -0.2) is 17.5 Å². The molecule has 2 rings (SSSR count). The van der Waals surface area contributed by atoms with Gasteiger partial charge in [-0.3, -0.25) is 4.79 Å². The van der Waals surface area contributed by atoms with E-state index in [0.29, 0.717) is 44.6 Å². The molecule has 188 valence electrons. The fourth-order valence-corrected chi connectivity index (χ4v) is 4.37. The van der Waals surface area contributed by atoms with Crippen LogP contribution in [0.1, 0.15) is 35.2 Å². The fourth-order valence-electron chi connectivity index (χ4n) is 3.32. The van der Waals surface area contributed by atoms with Crippen molar-refractivity contribution in [1.29, 1.82) is 0 Å². The first-order valence-corrected chi connectivity index (χ1v) is 11.7. The molecular weight excluding hydrogens is 483 g/mol. The molecule has 1 aliphatic heterocycles. The third-order valence-electron chi connectivity index (χ3n) is 5.15. The van der Waals surface area contributed by atoms with Gasteiger partial charge in [0, 0.05) is 25.2 Å². The molecule has 1 heterocycles. The van der Waals surface area contributed by atoms with Crippen LogP contribution in [0.15, 0.2) is 18.2 Å². The van der Waals surface area contributed by atoms with Crippen LogP contribution in [0, 0.1) is 11.7 Å². The minimum Gasteiger partial charge on any atom is -0.352 e. The number of sulfonamides is 1. The molecule has 0 atom stereocenters. The third-order valence-corrected chi connectivity index (χ3v) is 6.54. The van der Waals surface area contributed by atoms with Crippen molar-refractivity contribution in [3.05, 3.63) is 35.1 Å². The summed E-state index contributed by atoms with van der Waals surface area (Å²) in [6.45, 7) is 1.52. The summed E-state index contributed by atoms with van der Waals surface area (Å²) in [6, 6.07) is 1.61. The number of amides is 1. The lowest BCUT2D eigenvalue weighted by Crippen LogP contribution is -2.42. The maximum atomic E-state index is 13.4. The molecule has 14 heteroatoms. The summed E-state index contributed by atoms with van der Waals surface area (Å²) in [7, 11) is -4.03. The summed E-state index contributed by atoms with van der Waals surface area (Å²) in [4.78, 5) is 14.1. The number of carbonyl (C=O) groups excluding carboxylic acids is 1. The number of nitrogens with zero attached hydrogens (tertiary/aromatic N) is 1. The Morgan fingerprint density at radius 1 is 1.06 bits per heavy atom. The number of nitrogens with one attached hydrogen (secondary N) is 2. The number of rotatable bonds is 9. The molecule has 1 amide bonds. The molecule has 0 unspecified atom stereocenters. The Balaban J connectivity index is 1.72. The van der Waals surface area contributed by atoms with E-state index in [1.54, 1.807) is 0 Å². The van der Waals surface area contributed by atoms with E-state index in [9.17, 15) is 43.9 Å². The molecule has 33 heavy (non-hydrogen) atoms. The molecule has 6 nitrogen and oxygen atoms in total. The van der Waals surface area contributed by atoms with Crippen molar-refractivity contribution in [3.63, 3.8) is 0 Å². The molecule has 0 bridgehead atoms. The highest BCUT2D eigenvalue weighted by atomic mass is 32.2. The largest absolute Gasteiger partial charge is 0.416 e. The van der Waals surface area contributed by atoms with Crippen LogP contribution in [-0.4, -0.2) is 63.9 Å². The molecule has 1 saturated heterocycles. The first kappa shape index (κ1) is 27.3. The average Bonchev–Trinajstić information content (AvgIpc) is 2.70. The lowest BCUT2D eigenvalue weighted by atomic mass is 9.96. The number of piperidine rings is 1. The number of likely N-dealkylation sites (tertiary alicyclic amines) is 1. The Morgan fingerprint density at radius 3 is 2.27 bits per heavy atom. The van der Waals surface area contributed by atoms with Gasteiger partial charge < -0.3 is 10.2 Å². The fraction of sp³-hybridized carbons (Fsp3) is 0.632. The molecule has 0 aromatic heterocycles. The number of carbonyl (C=O) groups is 1. The van der Waals surface area contributed by atoms with Crippen molar-refractivity contribution < 1.29 is 43.9 Å². The summed E-state index contributed by atoms with van der Waals surface area (Å²) in [5.74, 6) is -3.01. The summed E-state index contributed by atoms with van der Waals surface area (Å²) in [6.07, 6.45) is -9.54. The van der Waals surface area contributed by atoms with E-state index in [1.807, 2.05) is 4.90 Å². The van der Waals surface area contributed by atoms with Crippen LogP contribution in [0.5, 0.6) is 0 Å². The first-order valence-electron chi connectivity index (χ1n) is 10.1. The van der Waals surface area contributed by atoms with Crippen LogP contribution in [0.3, 0.4) is 0 Å². The number of alkyl halides is 6.